The number of amides is 2. The number of likely N-dealkylation sites (tertiary alicyclic amines) is 2. The van der Waals surface area contributed by atoms with E-state index in [-0.39, 0.29) is 30.9 Å². The number of fused-ring (bicyclic) bond motifs is 1. The van der Waals surface area contributed by atoms with Crippen LogP contribution in [-0.2, 0) is 41.5 Å². The van der Waals surface area contributed by atoms with Crippen LogP contribution in [0, 0.1) is 11.6 Å². The van der Waals surface area contributed by atoms with Crippen LogP contribution in [0.5, 0.6) is 0 Å². The summed E-state index contributed by atoms with van der Waals surface area (Å²) in [6.45, 7) is 9.96. The van der Waals surface area contributed by atoms with E-state index in [1.54, 1.807) is 59.7 Å². The molecule has 3 heterocycles. The quantitative estimate of drug-likeness (QED) is 0.174. The molecule has 2 amide bonds. The first kappa shape index (κ1) is 40.1. The van der Waals surface area contributed by atoms with Crippen LogP contribution in [0.3, 0.4) is 0 Å². The molecule has 15 heteroatoms. The molecule has 2 aromatic rings. The van der Waals surface area contributed by atoms with Crippen molar-refractivity contribution in [3.05, 3.63) is 64.2 Å². The molecule has 0 bridgehead atoms. The molecule has 0 unspecified atom stereocenters. The Labute approximate surface area is 312 Å². The lowest BCUT2D eigenvalue weighted by molar-refractivity contribution is -0.148. The van der Waals surface area contributed by atoms with Gasteiger partial charge in [-0.2, -0.15) is 0 Å². The van der Waals surface area contributed by atoms with Crippen LogP contribution in [-0.4, -0.2) is 102 Å². The van der Waals surface area contributed by atoms with E-state index in [0.29, 0.717) is 44.2 Å². The minimum atomic E-state index is -0.971. The smallest absolute Gasteiger partial charge is 0.411 e. The molecular formula is C39H47F2N3O10. The van der Waals surface area contributed by atoms with E-state index < -0.39 is 83.8 Å². The first-order valence-corrected chi connectivity index (χ1v) is 18.1. The van der Waals surface area contributed by atoms with Gasteiger partial charge < -0.3 is 23.8 Å². The maximum atomic E-state index is 15.4. The average Bonchev–Trinajstić information content (AvgIpc) is 3.78. The number of ketones is 2. The summed E-state index contributed by atoms with van der Waals surface area (Å²) in [7, 11) is 0. The first-order valence-electron chi connectivity index (χ1n) is 18.1. The number of carbonyl (C=O) groups excluding carboxylic acids is 6. The molecule has 292 valence electrons. The van der Waals surface area contributed by atoms with Crippen molar-refractivity contribution in [1.29, 1.82) is 0 Å². The topological polar surface area (TPSA) is 149 Å². The van der Waals surface area contributed by atoms with E-state index in [9.17, 15) is 28.8 Å². The number of esters is 2. The van der Waals surface area contributed by atoms with Crippen LogP contribution in [0.1, 0.15) is 99.1 Å². The van der Waals surface area contributed by atoms with Crippen LogP contribution in [0.15, 0.2) is 30.3 Å². The Morgan fingerprint density at radius 3 is 1.63 bits per heavy atom. The monoisotopic (exact) mass is 755 g/mol. The van der Waals surface area contributed by atoms with Crippen molar-refractivity contribution in [2.75, 3.05) is 37.7 Å². The fourth-order valence-electron chi connectivity index (χ4n) is 6.68. The summed E-state index contributed by atoms with van der Waals surface area (Å²) in [6, 6.07) is 4.91. The van der Waals surface area contributed by atoms with E-state index >= 15 is 8.78 Å². The molecule has 2 saturated heterocycles. The van der Waals surface area contributed by atoms with Crippen LogP contribution in [0.25, 0.3) is 0 Å². The minimum Gasteiger partial charge on any atom is -0.456 e. The second-order valence-electron chi connectivity index (χ2n) is 15.7. The predicted octanol–water partition coefficient (Wildman–Crippen LogP) is 5.78. The van der Waals surface area contributed by atoms with Crippen molar-refractivity contribution in [1.82, 2.24) is 9.80 Å². The second-order valence-corrected chi connectivity index (χ2v) is 15.7. The third-order valence-electron chi connectivity index (χ3n) is 9.19. The highest BCUT2D eigenvalue weighted by molar-refractivity contribution is 5.99. The Bertz CT molecular complexity index is 1800. The molecule has 0 aromatic heterocycles. The van der Waals surface area contributed by atoms with Crippen LogP contribution < -0.4 is 4.90 Å². The van der Waals surface area contributed by atoms with Gasteiger partial charge in [0.05, 0.1) is 0 Å². The Kier molecular flexibility index (Phi) is 12.0. The minimum absolute atomic E-state index is 0.120. The normalized spacial score (nSPS) is 18.6. The summed E-state index contributed by atoms with van der Waals surface area (Å²) < 4.78 is 52.0. The van der Waals surface area contributed by atoms with Gasteiger partial charge in [0.25, 0.3) is 0 Å². The molecule has 3 aliphatic heterocycles. The molecule has 2 fully saturated rings. The molecule has 2 atom stereocenters. The van der Waals surface area contributed by atoms with Crippen molar-refractivity contribution in [2.45, 2.75) is 103 Å². The van der Waals surface area contributed by atoms with Gasteiger partial charge in [-0.1, -0.05) is 12.1 Å². The maximum absolute atomic E-state index is 15.4. The molecule has 2 aromatic carbocycles. The van der Waals surface area contributed by atoms with E-state index in [1.165, 1.54) is 14.7 Å². The zero-order valence-corrected chi connectivity index (χ0v) is 31.5. The maximum Gasteiger partial charge on any atom is 0.411 e. The molecule has 0 N–H and O–H groups in total. The van der Waals surface area contributed by atoms with Gasteiger partial charge in [-0.05, 0) is 103 Å². The molecule has 54 heavy (non-hydrogen) atoms. The molecule has 0 radical (unpaired) electrons. The zero-order chi connectivity index (χ0) is 39.5. The van der Waals surface area contributed by atoms with Gasteiger partial charge in [0.15, 0.2) is 19.0 Å². The van der Waals surface area contributed by atoms with Crippen LogP contribution in [0.2, 0.25) is 0 Å². The SMILES string of the molecule is CC(C)(C)OC(=O)N1CCC[C@H]1C(=O)OCC(=O)c1cc(F)c(N2CCc3cc(C(=O)COC(=O)[C@@H]4CCCN4C(=O)OC(C)(C)C)ccc3C2)c(F)c1. The van der Waals surface area contributed by atoms with Gasteiger partial charge >= 0.3 is 24.1 Å². The number of nitrogens with zero attached hydrogens (tertiary/aromatic N) is 3. The summed E-state index contributed by atoms with van der Waals surface area (Å²) in [5.74, 6) is -4.69. The third kappa shape index (κ3) is 9.71. The molecule has 0 spiro atoms. The number of halogens is 2. The lowest BCUT2D eigenvalue weighted by Crippen LogP contribution is -2.44. The first-order chi connectivity index (χ1) is 25.3. The van der Waals surface area contributed by atoms with Crippen molar-refractivity contribution >= 4 is 41.4 Å². The number of rotatable bonds is 9. The third-order valence-corrected chi connectivity index (χ3v) is 9.19. The van der Waals surface area contributed by atoms with E-state index in [4.69, 9.17) is 18.9 Å². The number of anilines is 1. The van der Waals surface area contributed by atoms with Crippen molar-refractivity contribution in [3.8, 4) is 0 Å². The van der Waals surface area contributed by atoms with E-state index in [1.807, 2.05) is 0 Å². The van der Waals surface area contributed by atoms with Gasteiger partial charge in [-0.15, -0.1) is 0 Å². The van der Waals surface area contributed by atoms with Gasteiger partial charge in [-0.25, -0.2) is 28.0 Å². The number of benzene rings is 2. The Morgan fingerprint density at radius 2 is 1.15 bits per heavy atom. The fraction of sp³-hybridized carbons (Fsp3) is 0.538. The average molecular weight is 756 g/mol. The Morgan fingerprint density at radius 1 is 0.667 bits per heavy atom. The highest BCUT2D eigenvalue weighted by Gasteiger charge is 2.39. The largest absolute Gasteiger partial charge is 0.456 e. The molecule has 3 aliphatic rings. The van der Waals surface area contributed by atoms with Gasteiger partial charge in [-0.3, -0.25) is 19.4 Å². The summed E-state index contributed by atoms with van der Waals surface area (Å²) in [6.07, 6.45) is 0.927. The highest BCUT2D eigenvalue weighted by atomic mass is 19.1. The van der Waals surface area contributed by atoms with Crippen molar-refractivity contribution in [2.24, 2.45) is 0 Å². The molecule has 13 nitrogen and oxygen atoms in total. The number of hydrogen-bond donors (Lipinski definition) is 0. The van der Waals surface area contributed by atoms with Crippen LogP contribution in [0.4, 0.5) is 24.1 Å². The lowest BCUT2D eigenvalue weighted by atomic mass is 9.95. The summed E-state index contributed by atoms with van der Waals surface area (Å²) >= 11 is 0. The summed E-state index contributed by atoms with van der Waals surface area (Å²) in [5.41, 5.74) is -0.318. The number of hydrogen-bond acceptors (Lipinski definition) is 11. The van der Waals surface area contributed by atoms with Crippen molar-refractivity contribution in [3.63, 3.8) is 0 Å². The fourth-order valence-corrected chi connectivity index (χ4v) is 6.68. The van der Waals surface area contributed by atoms with Gasteiger partial charge in [0.1, 0.15) is 40.6 Å². The number of carbonyl (C=O) groups is 6. The Hall–Kier alpha value is -5.08. The van der Waals surface area contributed by atoms with E-state index in [0.717, 1.165) is 23.3 Å². The standard InChI is InChI=1S/C39H47F2N3O10/c1-38(2,3)53-36(49)43-14-7-9-29(43)34(47)51-21-31(45)24-11-12-25-20-42(16-13-23(25)17-24)33-27(40)18-26(19-28(33)41)32(46)22-52-35(48)30-10-8-15-44(30)37(50)54-39(4,5)6/h11-12,17-19,29-30H,7-10,13-16,20-22H2,1-6H3/t29-,30-/m0/s1. The number of ether oxygens (including phenoxy) is 4. The number of Topliss-reactive ketones (excluding diaryl/α,β-unsaturated/α-hetero) is 2. The molecule has 5 rings (SSSR count). The zero-order valence-electron chi connectivity index (χ0n) is 31.5. The highest BCUT2D eigenvalue weighted by Crippen LogP contribution is 2.31. The van der Waals surface area contributed by atoms with Crippen molar-refractivity contribution < 1.29 is 56.5 Å². The predicted molar refractivity (Wildman–Crippen MR) is 190 cm³/mol. The summed E-state index contributed by atoms with van der Waals surface area (Å²) in [5, 5.41) is 0. The van der Waals surface area contributed by atoms with Crippen LogP contribution >= 0.6 is 0 Å². The van der Waals surface area contributed by atoms with Gasteiger partial charge in [0.2, 0.25) is 5.78 Å². The summed E-state index contributed by atoms with van der Waals surface area (Å²) in [4.78, 5) is 80.5. The van der Waals surface area contributed by atoms with Gasteiger partial charge in [0, 0.05) is 37.3 Å². The lowest BCUT2D eigenvalue weighted by Gasteiger charge is -2.31. The Balaban J connectivity index is 1.15. The second kappa shape index (κ2) is 16.1. The molecule has 0 aliphatic carbocycles. The van der Waals surface area contributed by atoms with E-state index in [2.05, 4.69) is 0 Å². The molecule has 0 saturated carbocycles. The molecular weight excluding hydrogens is 708 g/mol.